The van der Waals surface area contributed by atoms with Crippen LogP contribution in [0.5, 0.6) is 0 Å². The molecule has 1 fully saturated rings. The Labute approximate surface area is 147 Å². The number of nitrogens with zero attached hydrogens (tertiary/aromatic N) is 1. The van der Waals surface area contributed by atoms with Crippen molar-refractivity contribution in [2.24, 2.45) is 5.92 Å². The van der Waals surface area contributed by atoms with E-state index in [1.54, 1.807) is 36.1 Å². The summed E-state index contributed by atoms with van der Waals surface area (Å²) in [5.41, 5.74) is 0.641. The number of carbonyl (C=O) groups is 3. The van der Waals surface area contributed by atoms with Crippen LogP contribution >= 0.6 is 0 Å². The highest BCUT2D eigenvalue weighted by molar-refractivity contribution is 5.94. The van der Waals surface area contributed by atoms with E-state index in [4.69, 9.17) is 0 Å². The molecule has 2 amide bonds. The van der Waals surface area contributed by atoms with Crippen LogP contribution in [0.2, 0.25) is 0 Å². The lowest BCUT2D eigenvalue weighted by Gasteiger charge is -2.32. The highest BCUT2D eigenvalue weighted by Crippen LogP contribution is 2.19. The van der Waals surface area contributed by atoms with Gasteiger partial charge in [-0.1, -0.05) is 30.4 Å². The summed E-state index contributed by atoms with van der Waals surface area (Å²) in [6.45, 7) is 2.80. The maximum Gasteiger partial charge on any atom is 0.326 e. The Hall–Kier alpha value is -2.63. The van der Waals surface area contributed by atoms with E-state index in [-0.39, 0.29) is 24.2 Å². The van der Waals surface area contributed by atoms with Gasteiger partial charge in [0.2, 0.25) is 5.91 Å². The molecule has 6 nitrogen and oxygen atoms in total. The average Bonchev–Trinajstić information content (AvgIpc) is 2.65. The highest BCUT2D eigenvalue weighted by atomic mass is 16.4. The van der Waals surface area contributed by atoms with Gasteiger partial charge in [0.1, 0.15) is 6.04 Å². The summed E-state index contributed by atoms with van der Waals surface area (Å²) in [6.07, 6.45) is 4.83. The molecule has 0 saturated carbocycles. The fraction of sp³-hybridized carbons (Fsp3) is 0.421. The average molecular weight is 344 g/mol. The van der Waals surface area contributed by atoms with Crippen molar-refractivity contribution in [3.63, 3.8) is 0 Å². The molecule has 2 N–H and O–H groups in total. The molecule has 1 saturated heterocycles. The second-order valence-corrected chi connectivity index (χ2v) is 6.14. The van der Waals surface area contributed by atoms with Crippen molar-refractivity contribution < 1.29 is 19.5 Å². The molecule has 25 heavy (non-hydrogen) atoms. The SMILES string of the molecule is C/C=C/CC(NC(=O)C1CCN(C(=O)c2ccccc2)CC1)C(=O)O. The summed E-state index contributed by atoms with van der Waals surface area (Å²) < 4.78 is 0. The zero-order valence-corrected chi connectivity index (χ0v) is 14.4. The molecule has 6 heteroatoms. The van der Waals surface area contributed by atoms with Gasteiger partial charge in [-0.3, -0.25) is 9.59 Å². The third-order valence-corrected chi connectivity index (χ3v) is 4.40. The highest BCUT2D eigenvalue weighted by Gasteiger charge is 2.29. The first-order chi connectivity index (χ1) is 12.0. The summed E-state index contributed by atoms with van der Waals surface area (Å²) in [5, 5.41) is 11.8. The molecule has 1 aromatic rings. The quantitative estimate of drug-likeness (QED) is 0.774. The van der Waals surface area contributed by atoms with Crippen LogP contribution in [0.3, 0.4) is 0 Å². The molecule has 2 rings (SSSR count). The van der Waals surface area contributed by atoms with Crippen LogP contribution in [0, 0.1) is 5.92 Å². The Morgan fingerprint density at radius 1 is 1.24 bits per heavy atom. The number of amides is 2. The van der Waals surface area contributed by atoms with Crippen molar-refractivity contribution in [1.29, 1.82) is 0 Å². The van der Waals surface area contributed by atoms with Crippen LogP contribution in [0.1, 0.15) is 36.5 Å². The van der Waals surface area contributed by atoms with Crippen LogP contribution in [0.25, 0.3) is 0 Å². The van der Waals surface area contributed by atoms with Gasteiger partial charge in [-0.2, -0.15) is 0 Å². The van der Waals surface area contributed by atoms with E-state index in [0.29, 0.717) is 31.5 Å². The van der Waals surface area contributed by atoms with Crippen molar-refractivity contribution in [3.8, 4) is 0 Å². The molecule has 1 heterocycles. The molecule has 1 aromatic carbocycles. The Kier molecular flexibility index (Phi) is 6.74. The van der Waals surface area contributed by atoms with Crippen molar-refractivity contribution in [2.75, 3.05) is 13.1 Å². The molecule has 0 bridgehead atoms. The number of rotatable bonds is 6. The molecule has 1 atom stereocenters. The van der Waals surface area contributed by atoms with Gasteiger partial charge >= 0.3 is 5.97 Å². The van der Waals surface area contributed by atoms with Gasteiger partial charge in [0.05, 0.1) is 0 Å². The number of carbonyl (C=O) groups excluding carboxylic acids is 2. The number of allylic oxidation sites excluding steroid dienone is 1. The summed E-state index contributed by atoms with van der Waals surface area (Å²) in [5.74, 6) is -1.57. The van der Waals surface area contributed by atoms with Crippen LogP contribution in [0.15, 0.2) is 42.5 Å². The predicted molar refractivity (Wildman–Crippen MR) is 94.1 cm³/mol. The molecular formula is C19H24N2O4. The number of hydrogen-bond acceptors (Lipinski definition) is 3. The van der Waals surface area contributed by atoms with E-state index >= 15 is 0 Å². The lowest BCUT2D eigenvalue weighted by molar-refractivity contribution is -0.142. The van der Waals surface area contributed by atoms with Gasteiger partial charge in [-0.05, 0) is 38.3 Å². The second kappa shape index (κ2) is 9.01. The van der Waals surface area contributed by atoms with E-state index < -0.39 is 12.0 Å². The molecular weight excluding hydrogens is 320 g/mol. The first kappa shape index (κ1) is 18.7. The Morgan fingerprint density at radius 3 is 2.44 bits per heavy atom. The van der Waals surface area contributed by atoms with E-state index in [1.165, 1.54) is 0 Å². The molecule has 0 radical (unpaired) electrons. The zero-order chi connectivity index (χ0) is 18.2. The van der Waals surface area contributed by atoms with Crippen molar-refractivity contribution in [3.05, 3.63) is 48.0 Å². The summed E-state index contributed by atoms with van der Waals surface area (Å²) in [7, 11) is 0. The largest absolute Gasteiger partial charge is 0.480 e. The van der Waals surface area contributed by atoms with Crippen LogP contribution in [-0.2, 0) is 9.59 Å². The summed E-state index contributed by atoms with van der Waals surface area (Å²) in [4.78, 5) is 37.7. The molecule has 1 aliphatic rings. The fourth-order valence-corrected chi connectivity index (χ4v) is 2.89. The number of carboxylic acids is 1. The van der Waals surface area contributed by atoms with Crippen LogP contribution in [-0.4, -0.2) is 46.9 Å². The molecule has 0 aromatic heterocycles. The third-order valence-electron chi connectivity index (χ3n) is 4.40. The summed E-state index contributed by atoms with van der Waals surface area (Å²) >= 11 is 0. The number of benzene rings is 1. The topological polar surface area (TPSA) is 86.7 Å². The number of hydrogen-bond donors (Lipinski definition) is 2. The number of aliphatic carboxylic acids is 1. The van der Waals surface area contributed by atoms with Gasteiger partial charge in [0, 0.05) is 24.6 Å². The van der Waals surface area contributed by atoms with Gasteiger partial charge in [-0.25, -0.2) is 4.79 Å². The lowest BCUT2D eigenvalue weighted by atomic mass is 9.95. The van der Waals surface area contributed by atoms with E-state index in [2.05, 4.69) is 5.32 Å². The maximum absolute atomic E-state index is 12.4. The molecule has 0 spiro atoms. The Balaban J connectivity index is 1.87. The number of piperidine rings is 1. The zero-order valence-electron chi connectivity index (χ0n) is 14.4. The Morgan fingerprint density at radius 2 is 1.88 bits per heavy atom. The fourth-order valence-electron chi connectivity index (χ4n) is 2.89. The standard InChI is InChI=1S/C19H24N2O4/c1-2-3-9-16(19(24)25)20-17(22)14-10-12-21(13-11-14)18(23)15-7-5-4-6-8-15/h2-8,14,16H,9-13H2,1H3,(H,20,22)(H,24,25)/b3-2+. The van der Waals surface area contributed by atoms with Crippen molar-refractivity contribution >= 4 is 17.8 Å². The minimum Gasteiger partial charge on any atom is -0.480 e. The van der Waals surface area contributed by atoms with Crippen LogP contribution < -0.4 is 5.32 Å². The number of carboxylic acid groups (broad SMARTS) is 1. The number of nitrogens with one attached hydrogen (secondary N) is 1. The normalized spacial score (nSPS) is 16.6. The summed E-state index contributed by atoms with van der Waals surface area (Å²) in [6, 6.07) is 8.15. The minimum atomic E-state index is -1.04. The van der Waals surface area contributed by atoms with Gasteiger partial charge in [0.15, 0.2) is 0 Å². The van der Waals surface area contributed by atoms with E-state index in [0.717, 1.165) is 0 Å². The van der Waals surface area contributed by atoms with Crippen molar-refractivity contribution in [1.82, 2.24) is 10.2 Å². The molecule has 1 unspecified atom stereocenters. The van der Waals surface area contributed by atoms with Crippen molar-refractivity contribution in [2.45, 2.75) is 32.2 Å². The molecule has 0 aliphatic carbocycles. The third kappa shape index (κ3) is 5.17. The van der Waals surface area contributed by atoms with Gasteiger partial charge in [0.25, 0.3) is 5.91 Å². The first-order valence-corrected chi connectivity index (χ1v) is 8.51. The first-order valence-electron chi connectivity index (χ1n) is 8.51. The second-order valence-electron chi connectivity index (χ2n) is 6.14. The van der Waals surface area contributed by atoms with Crippen LogP contribution in [0.4, 0.5) is 0 Å². The van der Waals surface area contributed by atoms with Gasteiger partial charge < -0.3 is 15.3 Å². The lowest BCUT2D eigenvalue weighted by Crippen LogP contribution is -2.47. The minimum absolute atomic E-state index is 0.0315. The monoisotopic (exact) mass is 344 g/mol. The smallest absolute Gasteiger partial charge is 0.326 e. The predicted octanol–water partition coefficient (Wildman–Crippen LogP) is 2.07. The van der Waals surface area contributed by atoms with E-state index in [9.17, 15) is 19.5 Å². The van der Waals surface area contributed by atoms with E-state index in [1.807, 2.05) is 18.2 Å². The number of likely N-dealkylation sites (tertiary alicyclic amines) is 1. The maximum atomic E-state index is 12.4. The van der Waals surface area contributed by atoms with Gasteiger partial charge in [-0.15, -0.1) is 0 Å². The molecule has 1 aliphatic heterocycles. The Bertz CT molecular complexity index is 634. The molecule has 134 valence electrons.